The molecule has 0 saturated heterocycles. The van der Waals surface area contributed by atoms with Crippen molar-refractivity contribution in [2.24, 2.45) is 0 Å². The van der Waals surface area contributed by atoms with Gasteiger partial charge < -0.3 is 39.9 Å². The third-order valence-electron chi connectivity index (χ3n) is 9.00. The minimum absolute atomic E-state index is 0. The van der Waals surface area contributed by atoms with Crippen LogP contribution in [0.2, 0.25) is 0 Å². The predicted molar refractivity (Wildman–Crippen MR) is 206 cm³/mol. The van der Waals surface area contributed by atoms with Crippen molar-refractivity contribution in [3.8, 4) is 0 Å². The normalized spacial score (nSPS) is 11.3. The van der Waals surface area contributed by atoms with Crippen LogP contribution >= 0.6 is 0 Å². The van der Waals surface area contributed by atoms with Gasteiger partial charge in [-0.15, -0.1) is 0 Å². The number of Topliss-reactive ketones (excluding diaryl/α,β-unsaturated/α-hetero) is 2. The number of aliphatic carboxylic acids is 2. The molecule has 0 spiro atoms. The van der Waals surface area contributed by atoms with Crippen molar-refractivity contribution in [3.05, 3.63) is 0 Å². The number of aliphatic hydroxyl groups is 3. The first-order chi connectivity index (χ1) is 25.5. The molecule has 0 saturated carbocycles. The number of carbonyl (C=O) groups excluding carboxylic acids is 5. The van der Waals surface area contributed by atoms with Crippen molar-refractivity contribution in [2.75, 3.05) is 13.2 Å². The Balaban J connectivity index is -0.000000223. The van der Waals surface area contributed by atoms with E-state index in [1.165, 1.54) is 128 Å². The van der Waals surface area contributed by atoms with Crippen molar-refractivity contribution in [3.63, 3.8) is 0 Å². The molecule has 55 heavy (non-hydrogen) atoms. The number of aliphatic hydroxyl groups excluding tert-OH is 3. The molecule has 11 nitrogen and oxygen atoms in total. The number of esters is 1. The Kier molecular flexibility index (Phi) is 59.9. The van der Waals surface area contributed by atoms with Gasteiger partial charge in [0, 0.05) is 12.8 Å². The van der Waals surface area contributed by atoms with Crippen LogP contribution < -0.4 is 69.3 Å². The zero-order valence-electron chi connectivity index (χ0n) is 35.9. The number of carboxylic acid groups (broad SMARTS) is 2. The van der Waals surface area contributed by atoms with E-state index in [-0.39, 0.29) is 72.0 Å². The van der Waals surface area contributed by atoms with Crippen LogP contribution in [0.4, 0.5) is 0 Å². The third kappa shape index (κ3) is 51.6. The Hall–Kier alpha value is -0.370. The zero-order chi connectivity index (χ0) is 40.4. The van der Waals surface area contributed by atoms with E-state index >= 15 is 0 Å². The second-order valence-electron chi connectivity index (χ2n) is 14.1. The minimum Gasteiger partial charge on any atom is -0.547 e. The van der Waals surface area contributed by atoms with E-state index in [1.807, 2.05) is 0 Å². The number of ether oxygens (including phenoxy) is 1. The van der Waals surface area contributed by atoms with Gasteiger partial charge in [-0.2, -0.15) is 0 Å². The summed E-state index contributed by atoms with van der Waals surface area (Å²) < 4.78 is 4.77. The molecule has 2 atom stereocenters. The number of unbranched alkanes of at least 4 members (excludes halogenated alkanes) is 25. The van der Waals surface area contributed by atoms with Crippen LogP contribution in [0.5, 0.6) is 0 Å². The van der Waals surface area contributed by atoms with Gasteiger partial charge in [-0.25, -0.2) is 4.79 Å². The summed E-state index contributed by atoms with van der Waals surface area (Å²) in [5.74, 6) is -5.19. The van der Waals surface area contributed by atoms with Crippen molar-refractivity contribution >= 4 is 29.5 Å². The number of hydrogen-bond donors (Lipinski definition) is 3. The molecule has 13 heteroatoms. The van der Waals surface area contributed by atoms with Gasteiger partial charge >= 0.3 is 65.1 Å². The quantitative estimate of drug-likeness (QED) is 0.0347. The van der Waals surface area contributed by atoms with Crippen LogP contribution in [0.15, 0.2) is 0 Å². The van der Waals surface area contributed by atoms with Gasteiger partial charge in [0.05, 0.1) is 18.5 Å². The molecule has 0 aliphatic heterocycles. The Morgan fingerprint density at radius 3 is 0.909 bits per heavy atom. The summed E-state index contributed by atoms with van der Waals surface area (Å²) >= 11 is 0. The smallest absolute Gasteiger partial charge is 0.547 e. The fraction of sp³-hybridized carbons (Fsp3) is 0.881. The van der Waals surface area contributed by atoms with Crippen molar-refractivity contribution < 1.29 is 113 Å². The summed E-state index contributed by atoms with van der Waals surface area (Å²) in [4.78, 5) is 53.3. The topological polar surface area (TPSA) is 201 Å². The van der Waals surface area contributed by atoms with Crippen LogP contribution in [0.3, 0.4) is 0 Å². The number of hydrogen-bond acceptors (Lipinski definition) is 11. The molecule has 314 valence electrons. The largest absolute Gasteiger partial charge is 1.00 e. The first-order valence-corrected chi connectivity index (χ1v) is 21.1. The van der Waals surface area contributed by atoms with Crippen LogP contribution in [-0.2, 0) is 28.7 Å². The molecular weight excluding hydrogens is 726 g/mol. The SMILES string of the molecule is CCCCCCCCCCCC(=O)C(O)C(=O)[O-].CCCCCCCCCCCC(=O)C(O)C(=O)[O-].CCCCCCCCCCCCOC(=O)CO.[Na+].[Na+]. The van der Waals surface area contributed by atoms with E-state index in [0.29, 0.717) is 19.4 Å². The average Bonchev–Trinajstić information content (AvgIpc) is 3.15. The molecular formula is C42H78Na2O11. The average molecular weight is 805 g/mol. The van der Waals surface area contributed by atoms with Gasteiger partial charge in [-0.05, 0) is 19.3 Å². The molecule has 0 fully saturated rings. The number of carbonyl (C=O) groups is 5. The Morgan fingerprint density at radius 2 is 0.673 bits per heavy atom. The predicted octanol–water partition coefficient (Wildman–Crippen LogP) is 0.625. The van der Waals surface area contributed by atoms with E-state index in [2.05, 4.69) is 20.8 Å². The molecule has 0 radical (unpaired) electrons. The summed E-state index contributed by atoms with van der Waals surface area (Å²) in [6.07, 6.45) is 29.4. The maximum absolute atomic E-state index is 11.1. The molecule has 0 aliphatic rings. The van der Waals surface area contributed by atoms with Crippen molar-refractivity contribution in [1.29, 1.82) is 0 Å². The fourth-order valence-electron chi connectivity index (χ4n) is 5.58. The van der Waals surface area contributed by atoms with Crippen LogP contribution in [-0.4, -0.2) is 70.2 Å². The summed E-state index contributed by atoms with van der Waals surface area (Å²) in [6.45, 7) is 6.58. The molecule has 0 aromatic heterocycles. The maximum Gasteiger partial charge on any atom is 1.00 e. The number of rotatable bonds is 36. The van der Waals surface area contributed by atoms with E-state index in [9.17, 15) is 34.2 Å². The molecule has 0 amide bonds. The Morgan fingerprint density at radius 1 is 0.436 bits per heavy atom. The molecule has 3 N–H and O–H groups in total. The summed E-state index contributed by atoms with van der Waals surface area (Å²) in [7, 11) is 0. The van der Waals surface area contributed by atoms with Crippen molar-refractivity contribution in [1.82, 2.24) is 0 Å². The molecule has 0 rings (SSSR count). The van der Waals surface area contributed by atoms with Gasteiger partial charge in [0.2, 0.25) is 0 Å². The third-order valence-corrected chi connectivity index (χ3v) is 9.00. The summed E-state index contributed by atoms with van der Waals surface area (Å²) in [6, 6.07) is 0. The monoisotopic (exact) mass is 805 g/mol. The van der Waals surface area contributed by atoms with Gasteiger partial charge in [0.15, 0.2) is 23.8 Å². The van der Waals surface area contributed by atoms with E-state index in [1.54, 1.807) is 0 Å². The van der Waals surface area contributed by atoms with Gasteiger partial charge in [0.25, 0.3) is 0 Å². The molecule has 0 bridgehead atoms. The minimum atomic E-state index is -1.95. The number of ketones is 2. The van der Waals surface area contributed by atoms with Gasteiger partial charge in [0.1, 0.15) is 6.61 Å². The first-order valence-electron chi connectivity index (χ1n) is 21.1. The second kappa shape index (κ2) is 51.6. The Labute approximate surface area is 378 Å². The standard InChI is InChI=1S/2C14H26O4.C14H28O3.2Na/c2*1-2-3-4-5-6-7-8-9-10-11-12(15)13(16)14(17)18;1-2-3-4-5-6-7-8-9-10-11-12-17-14(16)13-15;;/h2*13,16H,2-11H2,1H3,(H,17,18);15H,2-13H2,1H3;;/q;;;2*+1/p-2. The van der Waals surface area contributed by atoms with E-state index in [0.717, 1.165) is 38.5 Å². The van der Waals surface area contributed by atoms with E-state index in [4.69, 9.17) is 20.1 Å². The maximum atomic E-state index is 11.1. The van der Waals surface area contributed by atoms with Crippen LogP contribution in [0.1, 0.15) is 213 Å². The molecule has 0 aromatic carbocycles. The molecule has 2 unspecified atom stereocenters. The van der Waals surface area contributed by atoms with Gasteiger partial charge in [-0.1, -0.05) is 181 Å². The summed E-state index contributed by atoms with van der Waals surface area (Å²) in [5, 5.41) is 46.7. The first kappa shape index (κ1) is 63.8. The fourth-order valence-corrected chi connectivity index (χ4v) is 5.58. The second-order valence-corrected chi connectivity index (χ2v) is 14.1. The zero-order valence-corrected chi connectivity index (χ0v) is 39.9. The summed E-state index contributed by atoms with van der Waals surface area (Å²) in [5.41, 5.74) is 0. The molecule has 0 aromatic rings. The van der Waals surface area contributed by atoms with Crippen LogP contribution in [0.25, 0.3) is 0 Å². The Bertz CT molecular complexity index is 824. The molecule has 0 heterocycles. The van der Waals surface area contributed by atoms with Crippen molar-refractivity contribution in [2.45, 2.75) is 226 Å². The van der Waals surface area contributed by atoms with E-state index < -0.39 is 48.3 Å². The van der Waals surface area contributed by atoms with Gasteiger partial charge in [-0.3, -0.25) is 9.59 Å². The van der Waals surface area contributed by atoms with Crippen LogP contribution in [0, 0.1) is 0 Å². The number of carboxylic acids is 2. The molecule has 0 aliphatic carbocycles.